The molecule has 44 nitrogen and oxygen atoms in total. The quantitative estimate of drug-likeness (QED) is 0.0404. The van der Waals surface area contributed by atoms with Crippen molar-refractivity contribution in [1.82, 2.24) is 21.3 Å². The molecule has 0 aliphatic carbocycles. The summed E-state index contributed by atoms with van der Waals surface area (Å²) in [4.78, 5) is 50.8. The Morgan fingerprint density at radius 3 is 1.11 bits per heavy atom. The fourth-order valence-corrected chi connectivity index (χ4v) is 12.9. The zero-order valence-corrected chi connectivity index (χ0v) is 54.2. The van der Waals surface area contributed by atoms with E-state index in [9.17, 15) is 126 Å². The highest BCUT2D eigenvalue weighted by Gasteiger charge is 2.60. The first kappa shape index (κ1) is 82.1. The third-order valence-corrected chi connectivity index (χ3v) is 18.2. The molecule has 40 atom stereocenters. The molecule has 4 amide bonds. The normalized spacial score (nSPS) is 48.7. The van der Waals surface area contributed by atoms with E-state index in [0.717, 1.165) is 27.7 Å². The monoisotopic (exact) mass is 1460 g/mol. The second-order valence-corrected chi connectivity index (χ2v) is 25.3. The molecule has 0 spiro atoms. The molecule has 100 heavy (non-hydrogen) atoms. The molecule has 0 bridgehead atoms. The standard InChI is InChI=1S/C56H94N4O40/c1-13-29(71)37(79)41(83)54(87-13)98-46-28(60-17(5)70)49(85)88-23(11-66)45(46)97-51-26(58-15(3)68)36(78)44(22(10-65)92-51)96-55-42(84)47(33(75)24(94-55)12-86-53-40(82)38(80)31(73)19(7-62)90-53)99-56-48(39(81)32(74)20(8-63)91-56)100-52-27(59-16(4)69)35(77)43(21(9-64)93-52)95-50-25(57-14(2)67)34(76)30(72)18(6-61)89-50/h13,18-56,61-66,71-85H,6-12H2,1-5H3,(H,57,67)(H,58,68)(H,59,69)(H,60,70)/t13-,18+,19+,20+,21+,22+,23+,24+,25+,26+,27+,28+,29+,30-,31+,32+,33+,34+,35+,36+,37+,38-,39-,40-,41-,42-,43+,44+,45+,46+,47-,48-,49+,50-,51-,52-,53-,54-,55-,56+/m0/s1. The van der Waals surface area contributed by atoms with Gasteiger partial charge in [0.2, 0.25) is 23.6 Å². The average molecular weight is 1460 g/mol. The number of aliphatic hydroxyl groups is 21. The van der Waals surface area contributed by atoms with Gasteiger partial charge in [0, 0.05) is 27.7 Å². The minimum atomic E-state index is -2.48. The second kappa shape index (κ2) is 35.7. The fraction of sp³-hybridized carbons (Fsp3) is 0.929. The van der Waals surface area contributed by atoms with E-state index in [1.54, 1.807) is 0 Å². The molecule has 0 aromatic rings. The molecule has 44 heteroatoms. The average Bonchev–Trinajstić information content (AvgIpc) is 0.768. The van der Waals surface area contributed by atoms with Crippen LogP contribution in [0.25, 0.3) is 0 Å². The van der Waals surface area contributed by atoms with Crippen LogP contribution in [0.4, 0.5) is 0 Å². The summed E-state index contributed by atoms with van der Waals surface area (Å²) in [7, 11) is 0. The van der Waals surface area contributed by atoms with E-state index in [1.807, 2.05) is 0 Å². The molecule has 8 heterocycles. The van der Waals surface area contributed by atoms with Gasteiger partial charge in [-0.25, -0.2) is 0 Å². The predicted octanol–water partition coefficient (Wildman–Crippen LogP) is -16.8. The molecule has 8 fully saturated rings. The van der Waals surface area contributed by atoms with Crippen LogP contribution < -0.4 is 21.3 Å². The Kier molecular flexibility index (Phi) is 29.3. The maximum Gasteiger partial charge on any atom is 0.217 e. The van der Waals surface area contributed by atoms with Crippen LogP contribution in [-0.2, 0) is 90.2 Å². The second-order valence-electron chi connectivity index (χ2n) is 25.3. The number of hydrogen-bond donors (Lipinski definition) is 25. The van der Waals surface area contributed by atoms with Gasteiger partial charge in [-0.15, -0.1) is 0 Å². The van der Waals surface area contributed by atoms with Gasteiger partial charge < -0.3 is 200 Å². The highest BCUT2D eigenvalue weighted by molar-refractivity contribution is 5.74. The van der Waals surface area contributed by atoms with E-state index < -0.39 is 315 Å². The van der Waals surface area contributed by atoms with Crippen molar-refractivity contribution >= 4 is 23.6 Å². The van der Waals surface area contributed by atoms with Gasteiger partial charge in [0.1, 0.15) is 189 Å². The number of carbonyl (C=O) groups excluding carboxylic acids is 4. The van der Waals surface area contributed by atoms with Gasteiger partial charge >= 0.3 is 0 Å². The fourth-order valence-electron chi connectivity index (χ4n) is 12.9. The Morgan fingerprint density at radius 2 is 0.620 bits per heavy atom. The third-order valence-electron chi connectivity index (χ3n) is 18.2. The summed E-state index contributed by atoms with van der Waals surface area (Å²) < 4.78 is 89.0. The van der Waals surface area contributed by atoms with Gasteiger partial charge in [0.25, 0.3) is 0 Å². The van der Waals surface area contributed by atoms with E-state index in [1.165, 1.54) is 6.92 Å². The van der Waals surface area contributed by atoms with Gasteiger partial charge in [-0.2, -0.15) is 0 Å². The summed E-state index contributed by atoms with van der Waals surface area (Å²) in [5, 5.41) is 241. The van der Waals surface area contributed by atoms with Crippen LogP contribution >= 0.6 is 0 Å². The number of aliphatic hydroxyl groups excluding tert-OH is 21. The van der Waals surface area contributed by atoms with E-state index in [0.29, 0.717) is 0 Å². The first-order chi connectivity index (χ1) is 47.2. The molecule has 578 valence electrons. The molecule has 8 saturated heterocycles. The van der Waals surface area contributed by atoms with Crippen LogP contribution in [0.3, 0.4) is 0 Å². The molecular weight excluding hydrogens is 1370 g/mol. The maximum atomic E-state index is 13.1. The lowest BCUT2D eigenvalue weighted by Gasteiger charge is -2.51. The minimum absolute atomic E-state index is 0.783. The lowest BCUT2D eigenvalue weighted by Crippen LogP contribution is -2.71. The smallest absolute Gasteiger partial charge is 0.217 e. The van der Waals surface area contributed by atoms with Crippen molar-refractivity contribution in [3.63, 3.8) is 0 Å². The van der Waals surface area contributed by atoms with Gasteiger partial charge in [-0.3, -0.25) is 19.2 Å². The Balaban J connectivity index is 1.11. The number of nitrogens with one attached hydrogen (secondary N) is 4. The topological polar surface area (TPSA) is 680 Å². The zero-order valence-electron chi connectivity index (χ0n) is 54.2. The van der Waals surface area contributed by atoms with Crippen LogP contribution in [0.1, 0.15) is 34.6 Å². The molecule has 0 radical (unpaired) electrons. The van der Waals surface area contributed by atoms with Gasteiger partial charge in [-0.1, -0.05) is 0 Å². The summed E-state index contributed by atoms with van der Waals surface area (Å²) in [6.07, 6.45) is -71.5. The third kappa shape index (κ3) is 18.1. The summed E-state index contributed by atoms with van der Waals surface area (Å²) in [6.45, 7) is -2.08. The number of amides is 4. The number of hydrogen-bond acceptors (Lipinski definition) is 40. The van der Waals surface area contributed by atoms with Gasteiger partial charge in [0.05, 0.1) is 52.4 Å². The van der Waals surface area contributed by atoms with Crippen LogP contribution in [0, 0.1) is 0 Å². The number of ether oxygens (including phenoxy) is 15. The van der Waals surface area contributed by atoms with Crippen molar-refractivity contribution < 1.29 is 197 Å². The Hall–Kier alpha value is -3.56. The first-order valence-electron chi connectivity index (χ1n) is 32.0. The van der Waals surface area contributed by atoms with Crippen LogP contribution in [-0.4, -0.2) is 423 Å². The molecule has 0 aromatic carbocycles. The molecule has 8 aliphatic rings. The van der Waals surface area contributed by atoms with Crippen molar-refractivity contribution in [2.75, 3.05) is 46.2 Å². The van der Waals surface area contributed by atoms with Gasteiger partial charge in [-0.05, 0) is 6.92 Å². The maximum absolute atomic E-state index is 13.1. The van der Waals surface area contributed by atoms with Crippen molar-refractivity contribution in [3.05, 3.63) is 0 Å². The van der Waals surface area contributed by atoms with Crippen molar-refractivity contribution in [2.24, 2.45) is 0 Å². The molecule has 25 N–H and O–H groups in total. The Morgan fingerprint density at radius 1 is 0.280 bits per heavy atom. The largest absolute Gasteiger partial charge is 0.394 e. The summed E-state index contributed by atoms with van der Waals surface area (Å²) in [5.74, 6) is -3.46. The van der Waals surface area contributed by atoms with Crippen LogP contribution in [0.2, 0.25) is 0 Å². The van der Waals surface area contributed by atoms with E-state index in [-0.39, 0.29) is 0 Å². The summed E-state index contributed by atoms with van der Waals surface area (Å²) >= 11 is 0. The predicted molar refractivity (Wildman–Crippen MR) is 309 cm³/mol. The Labute approximate surface area is 567 Å². The highest BCUT2D eigenvalue weighted by Crippen LogP contribution is 2.39. The molecule has 8 aliphatic heterocycles. The van der Waals surface area contributed by atoms with Crippen LogP contribution in [0.15, 0.2) is 0 Å². The summed E-state index contributed by atoms with van der Waals surface area (Å²) in [5.41, 5.74) is 0. The molecular formula is C56H94N4O40. The highest BCUT2D eigenvalue weighted by atomic mass is 16.8. The van der Waals surface area contributed by atoms with E-state index in [4.69, 9.17) is 71.1 Å². The minimum Gasteiger partial charge on any atom is -0.394 e. The molecule has 8 rings (SSSR count). The SMILES string of the molecule is CC(=O)N[C@@H]1[C@@H](O[C@@H]2O[C@@H](C)[C@@H](O)[C@@H](O)[C@@H]2O)[C@H](O[C@@H]2O[C@H](CO)[C@@H](O[C@@H]3O[C@H](CO[C@H]4O[C@H](CO)[C@@H](O)[C@H](O)[C@@H]4O)[C@@H](O)[C@H](O[C@H]4O[C@H](CO)[C@@H](O)[C@H](O)[C@@H]4O[C@@H]4O[C@H](CO)[C@@H](O[C@@H]5O[C@H](CO)[C@H](O)[C@H](O)[C@H]5NC(C)=O)[C@H](O)[C@H]4NC(C)=O)[C@@H]3O)[C@H](O)[C@H]2NC(C)=O)[C@@H](CO)O[C@H]1O. The number of rotatable bonds is 25. The van der Waals surface area contributed by atoms with Crippen molar-refractivity contribution in [3.8, 4) is 0 Å². The van der Waals surface area contributed by atoms with Crippen molar-refractivity contribution in [2.45, 2.75) is 280 Å². The van der Waals surface area contributed by atoms with Gasteiger partial charge in [0.15, 0.2) is 50.3 Å². The first-order valence-corrected chi connectivity index (χ1v) is 32.0. The Bertz CT molecular complexity index is 2620. The van der Waals surface area contributed by atoms with Crippen LogP contribution in [0.5, 0.6) is 0 Å². The molecule has 0 unspecified atom stereocenters. The van der Waals surface area contributed by atoms with E-state index >= 15 is 0 Å². The number of carbonyl (C=O) groups is 4. The van der Waals surface area contributed by atoms with E-state index in [2.05, 4.69) is 21.3 Å². The van der Waals surface area contributed by atoms with Crippen molar-refractivity contribution in [1.29, 1.82) is 0 Å². The summed E-state index contributed by atoms with van der Waals surface area (Å²) in [6, 6.07) is -7.16. The molecule has 0 aromatic heterocycles. The lowest BCUT2D eigenvalue weighted by molar-refractivity contribution is -0.397. The molecule has 0 saturated carbocycles. The zero-order chi connectivity index (χ0) is 73.8. The lowest BCUT2D eigenvalue weighted by atomic mass is 9.93.